The Morgan fingerprint density at radius 3 is 2.48 bits per heavy atom. The minimum atomic E-state index is -5.20. The van der Waals surface area contributed by atoms with Gasteiger partial charge in [0.05, 0.1) is 6.61 Å². The third kappa shape index (κ3) is 4.25. The number of carbonyl (C=O) groups excluding carboxylic acids is 1. The van der Waals surface area contributed by atoms with Gasteiger partial charge in [-0.1, -0.05) is 0 Å². The number of nitrogens with two attached hydrogens (primary N) is 1. The van der Waals surface area contributed by atoms with Crippen LogP contribution >= 0.6 is 0 Å². The highest BCUT2D eigenvalue weighted by molar-refractivity contribution is 5.94. The molecule has 118 valence electrons. The highest BCUT2D eigenvalue weighted by atomic mass is 19.4. The molecule has 0 aliphatic rings. The first kappa shape index (κ1) is 17.1. The number of esters is 1. The van der Waals surface area contributed by atoms with Gasteiger partial charge < -0.3 is 15.2 Å². The number of nitrogens with zero attached hydrogens (tertiary/aromatic N) is 1. The van der Waals surface area contributed by atoms with E-state index in [1.807, 2.05) is 0 Å². The van der Waals surface area contributed by atoms with Gasteiger partial charge in [-0.15, -0.1) is 13.2 Å². The van der Waals surface area contributed by atoms with Crippen LogP contribution in [0, 0.1) is 0 Å². The summed E-state index contributed by atoms with van der Waals surface area (Å²) in [6, 6.07) is 0. The molecule has 0 saturated carbocycles. The van der Waals surface area contributed by atoms with E-state index in [1.165, 1.54) is 6.92 Å². The first-order valence-corrected chi connectivity index (χ1v) is 5.64. The van der Waals surface area contributed by atoms with Crippen molar-refractivity contribution in [3.8, 4) is 5.88 Å². The van der Waals surface area contributed by atoms with Crippen molar-refractivity contribution < 1.29 is 36.2 Å². The van der Waals surface area contributed by atoms with E-state index in [9.17, 15) is 26.7 Å². The maximum absolute atomic E-state index is 13.1. The van der Waals surface area contributed by atoms with Crippen LogP contribution in [0.1, 0.15) is 34.8 Å². The number of aromatic nitrogens is 1. The summed E-state index contributed by atoms with van der Waals surface area (Å²) in [6.07, 6.45) is -7.75. The molecule has 5 nitrogen and oxygen atoms in total. The molecule has 0 atom stereocenters. The van der Waals surface area contributed by atoms with Crippen LogP contribution in [0.15, 0.2) is 6.20 Å². The second-order valence-electron chi connectivity index (χ2n) is 3.65. The highest BCUT2D eigenvalue weighted by Gasteiger charge is 2.37. The van der Waals surface area contributed by atoms with E-state index in [1.54, 1.807) is 0 Å². The second-order valence-corrected chi connectivity index (χ2v) is 3.65. The number of hydrogen-bond donors (Lipinski definition) is 1. The van der Waals surface area contributed by atoms with Gasteiger partial charge in [-0.3, -0.25) is 0 Å². The van der Waals surface area contributed by atoms with Gasteiger partial charge in [0.2, 0.25) is 5.88 Å². The van der Waals surface area contributed by atoms with Crippen molar-refractivity contribution in [3.63, 3.8) is 0 Å². The minimum Gasteiger partial charge on any atom is -0.462 e. The van der Waals surface area contributed by atoms with E-state index in [-0.39, 0.29) is 12.2 Å². The SMILES string of the molecule is CCOC(=O)c1c(OC(F)(F)F)ncc(CN)c1C(F)F. The predicted molar refractivity (Wildman–Crippen MR) is 59.7 cm³/mol. The molecule has 1 rings (SSSR count). The zero-order valence-electron chi connectivity index (χ0n) is 10.7. The standard InChI is InChI=1S/C11H11F5N2O3/c1-2-20-10(19)7-6(8(12)13)5(3-17)4-18-9(7)21-11(14,15)16/h4,8H,2-3,17H2,1H3. The summed E-state index contributed by atoms with van der Waals surface area (Å²) in [5, 5.41) is 0. The first-order valence-electron chi connectivity index (χ1n) is 5.64. The molecule has 10 heteroatoms. The van der Waals surface area contributed by atoms with Gasteiger partial charge in [0.1, 0.15) is 5.56 Å². The number of hydrogen-bond acceptors (Lipinski definition) is 5. The Labute approximate surface area is 115 Å². The Morgan fingerprint density at radius 1 is 1.43 bits per heavy atom. The summed E-state index contributed by atoms with van der Waals surface area (Å²) in [5.41, 5.74) is 2.89. The molecule has 1 aromatic heterocycles. The summed E-state index contributed by atoms with van der Waals surface area (Å²) in [6.45, 7) is 0.704. The molecular formula is C11H11F5N2O3. The summed E-state index contributed by atoms with van der Waals surface area (Å²) in [7, 11) is 0. The number of ether oxygens (including phenoxy) is 2. The topological polar surface area (TPSA) is 74.4 Å². The third-order valence-electron chi connectivity index (χ3n) is 2.30. The molecule has 2 N–H and O–H groups in total. The molecule has 0 fully saturated rings. The third-order valence-corrected chi connectivity index (χ3v) is 2.30. The van der Waals surface area contributed by atoms with Gasteiger partial charge in [-0.2, -0.15) is 0 Å². The van der Waals surface area contributed by atoms with E-state index < -0.39 is 42.3 Å². The smallest absolute Gasteiger partial charge is 0.462 e. The average Bonchev–Trinajstić information content (AvgIpc) is 2.36. The fourth-order valence-electron chi connectivity index (χ4n) is 1.55. The van der Waals surface area contributed by atoms with Gasteiger partial charge in [0.25, 0.3) is 6.43 Å². The van der Waals surface area contributed by atoms with E-state index in [0.29, 0.717) is 6.20 Å². The lowest BCUT2D eigenvalue weighted by Crippen LogP contribution is -2.22. The van der Waals surface area contributed by atoms with Gasteiger partial charge in [-0.05, 0) is 12.5 Å². The molecule has 0 saturated heterocycles. The van der Waals surface area contributed by atoms with E-state index in [2.05, 4.69) is 14.5 Å². The molecule has 0 aliphatic carbocycles. The molecule has 0 unspecified atom stereocenters. The molecule has 0 aromatic carbocycles. The second kappa shape index (κ2) is 6.66. The van der Waals surface area contributed by atoms with Crippen LogP contribution < -0.4 is 10.5 Å². The molecule has 0 aliphatic heterocycles. The number of rotatable bonds is 5. The average molecular weight is 314 g/mol. The maximum Gasteiger partial charge on any atom is 0.574 e. The lowest BCUT2D eigenvalue weighted by molar-refractivity contribution is -0.276. The van der Waals surface area contributed by atoms with Crippen LogP contribution in [0.25, 0.3) is 0 Å². The van der Waals surface area contributed by atoms with Crippen LogP contribution in [0.4, 0.5) is 22.0 Å². The van der Waals surface area contributed by atoms with Gasteiger partial charge >= 0.3 is 12.3 Å². The van der Waals surface area contributed by atoms with Crippen molar-refractivity contribution in [1.29, 1.82) is 0 Å². The monoisotopic (exact) mass is 314 g/mol. The molecule has 0 spiro atoms. The Bertz CT molecular complexity index is 519. The van der Waals surface area contributed by atoms with Crippen molar-refractivity contribution in [2.75, 3.05) is 6.61 Å². The summed E-state index contributed by atoms with van der Waals surface area (Å²) >= 11 is 0. The highest BCUT2D eigenvalue weighted by Crippen LogP contribution is 2.34. The van der Waals surface area contributed by atoms with Crippen molar-refractivity contribution in [1.82, 2.24) is 4.98 Å². The molecule has 0 amide bonds. The van der Waals surface area contributed by atoms with Crippen molar-refractivity contribution in [2.45, 2.75) is 26.3 Å². The van der Waals surface area contributed by atoms with E-state index in [0.717, 1.165) is 0 Å². The lowest BCUT2D eigenvalue weighted by Gasteiger charge is -2.16. The van der Waals surface area contributed by atoms with Gasteiger partial charge in [-0.25, -0.2) is 18.6 Å². The summed E-state index contributed by atoms with van der Waals surface area (Å²) in [4.78, 5) is 14.9. The summed E-state index contributed by atoms with van der Waals surface area (Å²) < 4.78 is 70.9. The molecule has 21 heavy (non-hydrogen) atoms. The minimum absolute atomic E-state index is 0.222. The number of alkyl halides is 5. The van der Waals surface area contributed by atoms with Gasteiger partial charge in [0.15, 0.2) is 0 Å². The number of pyridine rings is 1. The maximum atomic E-state index is 13.1. The number of halogens is 5. The fraction of sp³-hybridized carbons (Fsp3) is 0.455. The normalized spacial score (nSPS) is 11.6. The molecule has 0 bridgehead atoms. The zero-order valence-corrected chi connectivity index (χ0v) is 10.7. The van der Waals surface area contributed by atoms with Crippen LogP contribution in [-0.2, 0) is 11.3 Å². The van der Waals surface area contributed by atoms with Crippen LogP contribution in [0.2, 0.25) is 0 Å². The fourth-order valence-corrected chi connectivity index (χ4v) is 1.55. The lowest BCUT2D eigenvalue weighted by atomic mass is 10.0. The van der Waals surface area contributed by atoms with Crippen LogP contribution in [-0.4, -0.2) is 23.9 Å². The first-order chi connectivity index (χ1) is 9.71. The van der Waals surface area contributed by atoms with Gasteiger partial charge in [0, 0.05) is 18.3 Å². The Hall–Kier alpha value is -1.97. The van der Waals surface area contributed by atoms with E-state index in [4.69, 9.17) is 5.73 Å². The quantitative estimate of drug-likeness (QED) is 0.668. The van der Waals surface area contributed by atoms with Crippen molar-refractivity contribution in [3.05, 3.63) is 22.9 Å². The molecular weight excluding hydrogens is 303 g/mol. The van der Waals surface area contributed by atoms with Crippen LogP contribution in [0.3, 0.4) is 0 Å². The predicted octanol–water partition coefficient (Wildman–Crippen LogP) is 2.55. The summed E-state index contributed by atoms with van der Waals surface area (Å²) in [5.74, 6) is -2.69. The number of carbonyl (C=O) groups is 1. The molecule has 1 aromatic rings. The van der Waals surface area contributed by atoms with Crippen molar-refractivity contribution >= 4 is 5.97 Å². The zero-order chi connectivity index (χ0) is 16.2. The molecule has 1 heterocycles. The van der Waals surface area contributed by atoms with Crippen molar-refractivity contribution in [2.24, 2.45) is 5.73 Å². The Kier molecular flexibility index (Phi) is 5.41. The largest absolute Gasteiger partial charge is 0.574 e. The Balaban J connectivity index is 3.50. The van der Waals surface area contributed by atoms with Crippen LogP contribution in [0.5, 0.6) is 5.88 Å². The Morgan fingerprint density at radius 2 is 2.05 bits per heavy atom. The molecule has 0 radical (unpaired) electrons. The van der Waals surface area contributed by atoms with E-state index >= 15 is 0 Å².